The summed E-state index contributed by atoms with van der Waals surface area (Å²) in [5.74, 6) is 0. The molecule has 1 atom stereocenters. The Labute approximate surface area is 124 Å². The van der Waals surface area contributed by atoms with Gasteiger partial charge in [-0.3, -0.25) is 0 Å². The van der Waals surface area contributed by atoms with E-state index in [-0.39, 0.29) is 6.61 Å². The van der Waals surface area contributed by atoms with Crippen LogP contribution in [0.2, 0.25) is 0 Å². The van der Waals surface area contributed by atoms with Crippen molar-refractivity contribution in [1.82, 2.24) is 10.2 Å². The normalized spacial score (nSPS) is 13.2. The van der Waals surface area contributed by atoms with Crippen LogP contribution < -0.4 is 5.32 Å². The topological polar surface area (TPSA) is 35.5 Å². The summed E-state index contributed by atoms with van der Waals surface area (Å²) in [7, 11) is 2.03. The molecule has 1 aromatic carbocycles. The molecule has 0 aromatic heterocycles. The molecule has 0 bridgehead atoms. The number of aliphatic hydroxyl groups excluding tert-OH is 1. The summed E-state index contributed by atoms with van der Waals surface area (Å²) in [6.45, 7) is 8.86. The number of nitrogens with one attached hydrogen (secondary N) is 1. The summed E-state index contributed by atoms with van der Waals surface area (Å²) >= 11 is 0. The molecule has 114 valence electrons. The summed E-state index contributed by atoms with van der Waals surface area (Å²) in [6.07, 6.45) is 1.94. The van der Waals surface area contributed by atoms with Crippen LogP contribution in [0.5, 0.6) is 0 Å². The van der Waals surface area contributed by atoms with Crippen LogP contribution in [-0.4, -0.2) is 42.8 Å². The van der Waals surface area contributed by atoms with Gasteiger partial charge in [-0.15, -0.1) is 0 Å². The van der Waals surface area contributed by atoms with E-state index in [0.717, 1.165) is 25.9 Å². The largest absolute Gasteiger partial charge is 0.396 e. The molecular weight excluding hydrogens is 248 g/mol. The molecule has 0 amide bonds. The molecule has 0 aliphatic carbocycles. The first-order valence-corrected chi connectivity index (χ1v) is 7.67. The van der Waals surface area contributed by atoms with Crippen LogP contribution in [0, 0.1) is 6.92 Å². The van der Waals surface area contributed by atoms with E-state index in [0.29, 0.717) is 12.1 Å². The molecule has 0 aliphatic heterocycles. The van der Waals surface area contributed by atoms with Gasteiger partial charge in [0.25, 0.3) is 0 Å². The predicted molar refractivity (Wildman–Crippen MR) is 86.0 cm³/mol. The van der Waals surface area contributed by atoms with Crippen LogP contribution in [0.15, 0.2) is 24.3 Å². The van der Waals surface area contributed by atoms with Crippen LogP contribution in [0.1, 0.15) is 43.9 Å². The molecule has 0 spiro atoms. The monoisotopic (exact) mass is 278 g/mol. The van der Waals surface area contributed by atoms with Crippen LogP contribution in [0.4, 0.5) is 0 Å². The third-order valence-corrected chi connectivity index (χ3v) is 3.87. The Balaban J connectivity index is 2.56. The molecule has 3 heteroatoms. The van der Waals surface area contributed by atoms with Gasteiger partial charge in [0, 0.05) is 31.8 Å². The number of aryl methyl sites for hydroxylation is 1. The van der Waals surface area contributed by atoms with Crippen LogP contribution >= 0.6 is 0 Å². The minimum absolute atomic E-state index is 0.274. The maximum Gasteiger partial charge on any atom is 0.0443 e. The fourth-order valence-electron chi connectivity index (χ4n) is 2.47. The van der Waals surface area contributed by atoms with Crippen LogP contribution in [0.25, 0.3) is 0 Å². The molecule has 0 radical (unpaired) electrons. The van der Waals surface area contributed by atoms with Gasteiger partial charge in [0.05, 0.1) is 0 Å². The molecule has 0 heterocycles. The van der Waals surface area contributed by atoms with Gasteiger partial charge in [0.15, 0.2) is 0 Å². The second-order valence-electron chi connectivity index (χ2n) is 5.75. The second-order valence-corrected chi connectivity index (χ2v) is 5.75. The minimum atomic E-state index is 0.274. The van der Waals surface area contributed by atoms with Gasteiger partial charge in [-0.25, -0.2) is 0 Å². The molecule has 2 N–H and O–H groups in total. The number of rotatable bonds is 9. The molecule has 0 saturated heterocycles. The lowest BCUT2D eigenvalue weighted by Gasteiger charge is -2.28. The van der Waals surface area contributed by atoms with Gasteiger partial charge < -0.3 is 15.3 Å². The van der Waals surface area contributed by atoms with Crippen molar-refractivity contribution in [3.63, 3.8) is 0 Å². The average Bonchev–Trinajstić information content (AvgIpc) is 2.44. The van der Waals surface area contributed by atoms with Gasteiger partial charge in [-0.05, 0) is 46.2 Å². The number of aliphatic hydroxyl groups is 1. The van der Waals surface area contributed by atoms with E-state index in [1.807, 2.05) is 7.05 Å². The van der Waals surface area contributed by atoms with Crippen LogP contribution in [-0.2, 0) is 0 Å². The lowest BCUT2D eigenvalue weighted by molar-refractivity contribution is 0.184. The molecule has 20 heavy (non-hydrogen) atoms. The van der Waals surface area contributed by atoms with E-state index >= 15 is 0 Å². The average molecular weight is 278 g/mol. The third-order valence-electron chi connectivity index (χ3n) is 3.87. The lowest BCUT2D eigenvalue weighted by atomic mass is 10.0. The number of benzene rings is 1. The van der Waals surface area contributed by atoms with Gasteiger partial charge >= 0.3 is 0 Å². The number of hydrogen-bond donors (Lipinski definition) is 2. The van der Waals surface area contributed by atoms with Crippen molar-refractivity contribution < 1.29 is 5.11 Å². The number of nitrogens with zero attached hydrogens (tertiary/aromatic N) is 1. The first-order chi connectivity index (χ1) is 9.58. The first kappa shape index (κ1) is 17.2. The summed E-state index contributed by atoms with van der Waals surface area (Å²) in [5.41, 5.74) is 2.65. The van der Waals surface area contributed by atoms with E-state index in [4.69, 9.17) is 5.11 Å². The van der Waals surface area contributed by atoms with E-state index in [1.165, 1.54) is 11.1 Å². The molecule has 1 unspecified atom stereocenters. The SMILES string of the molecule is CNC(CCN(CCCO)C(C)C)c1ccc(C)cc1. The van der Waals surface area contributed by atoms with E-state index in [1.54, 1.807) is 0 Å². The highest BCUT2D eigenvalue weighted by Gasteiger charge is 2.13. The lowest BCUT2D eigenvalue weighted by Crippen LogP contribution is -2.35. The maximum absolute atomic E-state index is 8.99. The molecule has 0 aliphatic rings. The summed E-state index contributed by atoms with van der Waals surface area (Å²) in [5, 5.41) is 12.4. The van der Waals surface area contributed by atoms with Crippen molar-refractivity contribution in [2.24, 2.45) is 0 Å². The van der Waals surface area contributed by atoms with Gasteiger partial charge in [-0.1, -0.05) is 29.8 Å². The zero-order valence-corrected chi connectivity index (χ0v) is 13.4. The van der Waals surface area contributed by atoms with Crippen molar-refractivity contribution in [2.45, 2.75) is 45.7 Å². The highest BCUT2D eigenvalue weighted by atomic mass is 16.3. The van der Waals surface area contributed by atoms with Gasteiger partial charge in [0.1, 0.15) is 0 Å². The fraction of sp³-hybridized carbons (Fsp3) is 0.647. The molecule has 1 aromatic rings. The molecule has 3 nitrogen and oxygen atoms in total. The quantitative estimate of drug-likeness (QED) is 0.729. The third kappa shape index (κ3) is 5.61. The Morgan fingerprint density at radius 2 is 1.80 bits per heavy atom. The fourth-order valence-corrected chi connectivity index (χ4v) is 2.47. The molecule has 1 rings (SSSR count). The Kier molecular flexibility index (Phi) is 7.82. The van der Waals surface area contributed by atoms with E-state index in [2.05, 4.69) is 55.3 Å². The van der Waals surface area contributed by atoms with E-state index < -0.39 is 0 Å². The zero-order valence-electron chi connectivity index (χ0n) is 13.4. The molecular formula is C17H30N2O. The Bertz CT molecular complexity index is 362. The maximum atomic E-state index is 8.99. The molecule has 0 fully saturated rings. The smallest absolute Gasteiger partial charge is 0.0443 e. The highest BCUT2D eigenvalue weighted by Crippen LogP contribution is 2.18. The first-order valence-electron chi connectivity index (χ1n) is 7.67. The summed E-state index contributed by atoms with van der Waals surface area (Å²) in [4.78, 5) is 2.44. The van der Waals surface area contributed by atoms with Crippen molar-refractivity contribution in [1.29, 1.82) is 0 Å². The van der Waals surface area contributed by atoms with Gasteiger partial charge in [0.2, 0.25) is 0 Å². The summed E-state index contributed by atoms with van der Waals surface area (Å²) < 4.78 is 0. The van der Waals surface area contributed by atoms with Crippen molar-refractivity contribution in [3.05, 3.63) is 35.4 Å². The zero-order chi connectivity index (χ0) is 15.0. The highest BCUT2D eigenvalue weighted by molar-refractivity contribution is 5.24. The van der Waals surface area contributed by atoms with Crippen molar-refractivity contribution in [2.75, 3.05) is 26.7 Å². The predicted octanol–water partition coefficient (Wildman–Crippen LogP) is 2.74. The number of hydrogen-bond acceptors (Lipinski definition) is 3. The summed E-state index contributed by atoms with van der Waals surface area (Å²) in [6, 6.07) is 9.69. The van der Waals surface area contributed by atoms with Crippen molar-refractivity contribution >= 4 is 0 Å². The Morgan fingerprint density at radius 1 is 1.15 bits per heavy atom. The molecule has 0 saturated carbocycles. The second kappa shape index (κ2) is 9.11. The Morgan fingerprint density at radius 3 is 2.30 bits per heavy atom. The van der Waals surface area contributed by atoms with Crippen molar-refractivity contribution in [3.8, 4) is 0 Å². The van der Waals surface area contributed by atoms with Crippen LogP contribution in [0.3, 0.4) is 0 Å². The standard InChI is InChI=1S/C17H30N2O/c1-14(2)19(11-5-13-20)12-10-17(18-4)16-8-6-15(3)7-9-16/h6-9,14,17-18,20H,5,10-13H2,1-4H3. The Hall–Kier alpha value is -0.900. The van der Waals surface area contributed by atoms with Gasteiger partial charge in [-0.2, -0.15) is 0 Å². The van der Waals surface area contributed by atoms with E-state index in [9.17, 15) is 0 Å². The minimum Gasteiger partial charge on any atom is -0.396 e.